The summed E-state index contributed by atoms with van der Waals surface area (Å²) in [5.41, 5.74) is 2.62. The largest absolute Gasteiger partial charge is 0.339 e. The Hall–Kier alpha value is -3.40. The Morgan fingerprint density at radius 3 is 2.73 bits per heavy atom. The average molecular weight is 424 g/mol. The maximum atomic E-state index is 12.2. The second-order valence-corrected chi connectivity index (χ2v) is 8.76. The summed E-state index contributed by atoms with van der Waals surface area (Å²) in [5.74, 6) is 1.15. The lowest BCUT2D eigenvalue weighted by atomic mass is 9.97. The van der Waals surface area contributed by atoms with Crippen LogP contribution in [0.2, 0.25) is 0 Å². The fourth-order valence-corrected chi connectivity index (χ4v) is 3.61. The normalized spacial score (nSPS) is 11.6. The molecular formula is C20H21N7O2S. The van der Waals surface area contributed by atoms with Crippen molar-refractivity contribution in [3.05, 3.63) is 48.4 Å². The summed E-state index contributed by atoms with van der Waals surface area (Å²) in [4.78, 5) is 21.0. The number of hydrogen-bond acceptors (Lipinski definition) is 8. The lowest BCUT2D eigenvalue weighted by Gasteiger charge is -2.10. The van der Waals surface area contributed by atoms with E-state index in [-0.39, 0.29) is 11.4 Å². The molecule has 4 aromatic rings. The van der Waals surface area contributed by atoms with E-state index in [2.05, 4.69) is 36.0 Å². The third kappa shape index (κ3) is 4.60. The van der Waals surface area contributed by atoms with Gasteiger partial charge in [-0.25, -0.2) is 9.78 Å². The van der Waals surface area contributed by atoms with Gasteiger partial charge in [0.25, 0.3) is 0 Å². The number of anilines is 1. The Morgan fingerprint density at radius 1 is 1.13 bits per heavy atom. The van der Waals surface area contributed by atoms with E-state index in [1.54, 1.807) is 12.4 Å². The summed E-state index contributed by atoms with van der Waals surface area (Å²) in [6.07, 6.45) is 3.85. The highest BCUT2D eigenvalue weighted by Gasteiger charge is 2.21. The molecule has 0 saturated heterocycles. The van der Waals surface area contributed by atoms with E-state index in [0.29, 0.717) is 29.8 Å². The van der Waals surface area contributed by atoms with E-state index in [1.165, 1.54) is 11.3 Å². The SMILES string of the molecule is CC(C)(C)c1nc(CCNC(=O)Nc2nc3ccc(-c4ccnnc4)cc3s2)no1. The Morgan fingerprint density at radius 2 is 2.00 bits per heavy atom. The molecule has 10 heteroatoms. The number of aromatic nitrogens is 5. The summed E-state index contributed by atoms with van der Waals surface area (Å²) in [6, 6.07) is 7.49. The van der Waals surface area contributed by atoms with Crippen LogP contribution >= 0.6 is 11.3 Å². The molecular weight excluding hydrogens is 402 g/mol. The number of nitrogens with one attached hydrogen (secondary N) is 2. The van der Waals surface area contributed by atoms with E-state index < -0.39 is 0 Å². The zero-order valence-electron chi connectivity index (χ0n) is 16.8. The summed E-state index contributed by atoms with van der Waals surface area (Å²) >= 11 is 1.41. The Labute approximate surface area is 176 Å². The highest BCUT2D eigenvalue weighted by atomic mass is 32.1. The van der Waals surface area contributed by atoms with Crippen molar-refractivity contribution in [1.82, 2.24) is 30.6 Å². The molecule has 2 N–H and O–H groups in total. The van der Waals surface area contributed by atoms with Gasteiger partial charge in [-0.2, -0.15) is 15.2 Å². The average Bonchev–Trinajstić information content (AvgIpc) is 3.34. The predicted molar refractivity (Wildman–Crippen MR) is 114 cm³/mol. The third-order valence-electron chi connectivity index (χ3n) is 4.27. The molecule has 9 nitrogen and oxygen atoms in total. The molecule has 4 rings (SSSR count). The molecule has 0 aliphatic heterocycles. The van der Waals surface area contributed by atoms with Crippen LogP contribution in [0, 0.1) is 0 Å². The van der Waals surface area contributed by atoms with Crippen LogP contribution in [0.4, 0.5) is 9.93 Å². The van der Waals surface area contributed by atoms with Gasteiger partial charge < -0.3 is 9.84 Å². The Bertz CT molecular complexity index is 1160. The fourth-order valence-electron chi connectivity index (χ4n) is 2.71. The van der Waals surface area contributed by atoms with Crippen molar-refractivity contribution in [2.45, 2.75) is 32.6 Å². The van der Waals surface area contributed by atoms with Gasteiger partial charge >= 0.3 is 6.03 Å². The van der Waals surface area contributed by atoms with Crippen molar-refractivity contribution in [1.29, 1.82) is 0 Å². The molecule has 0 aliphatic rings. The number of urea groups is 1. The maximum absolute atomic E-state index is 12.2. The van der Waals surface area contributed by atoms with Gasteiger partial charge in [-0.15, -0.1) is 0 Å². The van der Waals surface area contributed by atoms with Gasteiger partial charge in [-0.05, 0) is 23.8 Å². The molecule has 0 saturated carbocycles. The first-order valence-corrected chi connectivity index (χ1v) is 10.3. The molecule has 154 valence electrons. The van der Waals surface area contributed by atoms with Crippen LogP contribution in [-0.2, 0) is 11.8 Å². The predicted octanol–water partition coefficient (Wildman–Crippen LogP) is 3.80. The van der Waals surface area contributed by atoms with Crippen LogP contribution in [0.1, 0.15) is 32.5 Å². The number of rotatable bonds is 5. The van der Waals surface area contributed by atoms with Crippen LogP contribution in [0.15, 0.2) is 41.2 Å². The highest BCUT2D eigenvalue weighted by Crippen LogP contribution is 2.30. The third-order valence-corrected chi connectivity index (χ3v) is 5.20. The number of carbonyl (C=O) groups is 1. The molecule has 0 unspecified atom stereocenters. The molecule has 3 aromatic heterocycles. The van der Waals surface area contributed by atoms with Gasteiger partial charge in [-0.1, -0.05) is 43.3 Å². The zero-order valence-corrected chi connectivity index (χ0v) is 17.7. The van der Waals surface area contributed by atoms with Crippen molar-refractivity contribution in [2.24, 2.45) is 0 Å². The minimum absolute atomic E-state index is 0.198. The quantitative estimate of drug-likeness (QED) is 0.501. The minimum atomic E-state index is -0.327. The van der Waals surface area contributed by atoms with Gasteiger partial charge in [-0.3, -0.25) is 5.32 Å². The highest BCUT2D eigenvalue weighted by molar-refractivity contribution is 7.22. The molecule has 0 atom stereocenters. The molecule has 0 spiro atoms. The summed E-state index contributed by atoms with van der Waals surface area (Å²) in [5, 5.41) is 17.8. The number of amides is 2. The fraction of sp³-hybridized carbons (Fsp3) is 0.300. The molecule has 0 aliphatic carbocycles. The monoisotopic (exact) mass is 423 g/mol. The van der Waals surface area contributed by atoms with Crippen LogP contribution < -0.4 is 10.6 Å². The number of fused-ring (bicyclic) bond motifs is 1. The molecule has 3 heterocycles. The van der Waals surface area contributed by atoms with E-state index in [1.807, 2.05) is 45.0 Å². The van der Waals surface area contributed by atoms with Crippen LogP contribution in [0.25, 0.3) is 21.3 Å². The molecule has 0 bridgehead atoms. The van der Waals surface area contributed by atoms with Crippen molar-refractivity contribution >= 4 is 32.7 Å². The summed E-state index contributed by atoms with van der Waals surface area (Å²) < 4.78 is 6.23. The first-order chi connectivity index (χ1) is 14.4. The first kappa shape index (κ1) is 19.9. The second-order valence-electron chi connectivity index (χ2n) is 7.73. The lowest BCUT2D eigenvalue weighted by molar-refractivity contribution is 0.252. The standard InChI is InChI=1S/C20H21N7O2S/c1-20(2,3)17-25-16(27-29-17)7-8-21-18(28)26-19-24-14-5-4-12(10-15(14)30-19)13-6-9-22-23-11-13/h4-6,9-11H,7-8H2,1-3H3,(H2,21,24,26,28). The van der Waals surface area contributed by atoms with Crippen LogP contribution in [-0.4, -0.2) is 37.9 Å². The molecule has 0 radical (unpaired) electrons. The summed E-state index contributed by atoms with van der Waals surface area (Å²) in [7, 11) is 0. The van der Waals surface area contributed by atoms with Crippen molar-refractivity contribution in [2.75, 3.05) is 11.9 Å². The molecule has 1 aromatic carbocycles. The van der Waals surface area contributed by atoms with E-state index in [4.69, 9.17) is 4.52 Å². The zero-order chi connectivity index (χ0) is 21.1. The van der Waals surface area contributed by atoms with Gasteiger partial charge in [0, 0.05) is 23.9 Å². The number of nitrogens with zero attached hydrogens (tertiary/aromatic N) is 5. The number of benzene rings is 1. The molecule has 2 amide bonds. The van der Waals surface area contributed by atoms with E-state index in [9.17, 15) is 4.79 Å². The van der Waals surface area contributed by atoms with Gasteiger partial charge in [0.1, 0.15) is 0 Å². The van der Waals surface area contributed by atoms with Gasteiger partial charge in [0.2, 0.25) is 5.89 Å². The first-order valence-electron chi connectivity index (χ1n) is 9.44. The van der Waals surface area contributed by atoms with E-state index in [0.717, 1.165) is 21.3 Å². The van der Waals surface area contributed by atoms with Gasteiger partial charge in [0.15, 0.2) is 11.0 Å². The Kier molecular flexibility index (Phi) is 5.40. The number of carbonyl (C=O) groups excluding carboxylic acids is 1. The van der Waals surface area contributed by atoms with Crippen molar-refractivity contribution in [3.63, 3.8) is 0 Å². The number of thiazole rings is 1. The van der Waals surface area contributed by atoms with Crippen molar-refractivity contribution in [3.8, 4) is 11.1 Å². The second kappa shape index (κ2) is 8.15. The van der Waals surface area contributed by atoms with Crippen LogP contribution in [0.3, 0.4) is 0 Å². The van der Waals surface area contributed by atoms with Crippen LogP contribution in [0.5, 0.6) is 0 Å². The molecule has 30 heavy (non-hydrogen) atoms. The van der Waals surface area contributed by atoms with E-state index >= 15 is 0 Å². The van der Waals surface area contributed by atoms with Crippen molar-refractivity contribution < 1.29 is 9.32 Å². The topological polar surface area (TPSA) is 119 Å². The lowest BCUT2D eigenvalue weighted by Crippen LogP contribution is -2.30. The molecule has 0 fully saturated rings. The number of hydrogen-bond donors (Lipinski definition) is 2. The van der Waals surface area contributed by atoms with Gasteiger partial charge in [0.05, 0.1) is 22.6 Å². The Balaban J connectivity index is 1.34. The smallest absolute Gasteiger partial charge is 0.321 e. The minimum Gasteiger partial charge on any atom is -0.339 e. The maximum Gasteiger partial charge on any atom is 0.321 e. The summed E-state index contributed by atoms with van der Waals surface area (Å²) in [6.45, 7) is 6.40.